The van der Waals surface area contributed by atoms with Gasteiger partial charge in [0, 0.05) is 0 Å². The maximum Gasteiger partial charge on any atom is 0.345 e. The van der Waals surface area contributed by atoms with Crippen LogP contribution in [0.15, 0.2) is 23.3 Å². The van der Waals surface area contributed by atoms with Gasteiger partial charge >= 0.3 is 11.9 Å². The van der Waals surface area contributed by atoms with Gasteiger partial charge in [-0.3, -0.25) is 0 Å². The van der Waals surface area contributed by atoms with Gasteiger partial charge < -0.3 is 9.47 Å². The molecule has 0 aromatic carbocycles. The van der Waals surface area contributed by atoms with E-state index < -0.39 is 11.9 Å². The first-order valence-corrected chi connectivity index (χ1v) is 5.26. The number of methoxy groups -OCH3 is 2. The van der Waals surface area contributed by atoms with Crippen LogP contribution in [0.3, 0.4) is 0 Å². The van der Waals surface area contributed by atoms with Crippen molar-refractivity contribution in [2.75, 3.05) is 14.2 Å². The highest BCUT2D eigenvalue weighted by Gasteiger charge is 2.20. The topological polar surface area (TPSA) is 52.6 Å². The number of carbonyl (C=O) groups excluding carboxylic acids is 2. The Labute approximate surface area is 94.9 Å². The van der Waals surface area contributed by atoms with Crippen molar-refractivity contribution < 1.29 is 19.1 Å². The molecule has 1 rings (SSSR count). The zero-order chi connectivity index (χ0) is 12.0. The van der Waals surface area contributed by atoms with Gasteiger partial charge in [0.05, 0.1) is 14.2 Å². The molecule has 1 aliphatic carbocycles. The van der Waals surface area contributed by atoms with Crippen LogP contribution < -0.4 is 0 Å². The molecule has 0 heterocycles. The number of rotatable bonds is 3. The van der Waals surface area contributed by atoms with Crippen LogP contribution in [0, 0.1) is 0 Å². The zero-order valence-corrected chi connectivity index (χ0v) is 9.62. The molecular weight excluding hydrogens is 208 g/mol. The monoisotopic (exact) mass is 224 g/mol. The molecule has 0 aromatic rings. The predicted molar refractivity (Wildman–Crippen MR) is 58.7 cm³/mol. The summed E-state index contributed by atoms with van der Waals surface area (Å²) >= 11 is 0. The summed E-state index contributed by atoms with van der Waals surface area (Å²) in [7, 11) is 2.49. The molecule has 88 valence electrons. The fraction of sp³-hybridized carbons (Fsp3) is 0.500. The Balaban J connectivity index is 2.90. The minimum absolute atomic E-state index is 0.0434. The van der Waals surface area contributed by atoms with Crippen molar-refractivity contribution in [3.63, 3.8) is 0 Å². The van der Waals surface area contributed by atoms with Gasteiger partial charge in [0.15, 0.2) is 0 Å². The maximum absolute atomic E-state index is 11.4. The molecule has 0 unspecified atom stereocenters. The van der Waals surface area contributed by atoms with E-state index in [1.165, 1.54) is 14.2 Å². The lowest BCUT2D eigenvalue weighted by Crippen LogP contribution is -2.16. The van der Waals surface area contributed by atoms with E-state index in [4.69, 9.17) is 0 Å². The van der Waals surface area contributed by atoms with Crippen LogP contribution in [-0.2, 0) is 19.1 Å². The first-order valence-electron chi connectivity index (χ1n) is 5.26. The van der Waals surface area contributed by atoms with Gasteiger partial charge in [0.1, 0.15) is 5.57 Å². The minimum Gasteiger partial charge on any atom is -0.465 e. The van der Waals surface area contributed by atoms with E-state index in [-0.39, 0.29) is 5.57 Å². The van der Waals surface area contributed by atoms with E-state index in [0.29, 0.717) is 0 Å². The molecule has 4 heteroatoms. The lowest BCUT2D eigenvalue weighted by Gasteiger charge is -2.10. The molecule has 16 heavy (non-hydrogen) atoms. The van der Waals surface area contributed by atoms with Crippen LogP contribution in [0.2, 0.25) is 0 Å². The third-order valence-corrected chi connectivity index (χ3v) is 2.47. The number of hydrogen-bond donors (Lipinski definition) is 0. The molecule has 4 nitrogen and oxygen atoms in total. The molecule has 0 bridgehead atoms. The van der Waals surface area contributed by atoms with Crippen LogP contribution in [0.4, 0.5) is 0 Å². The summed E-state index contributed by atoms with van der Waals surface area (Å²) in [5.74, 6) is -1.31. The molecular formula is C12H16O4. The van der Waals surface area contributed by atoms with Gasteiger partial charge in [-0.25, -0.2) is 9.59 Å². The Morgan fingerprint density at radius 3 is 2.25 bits per heavy atom. The molecule has 0 aromatic heterocycles. The Hall–Kier alpha value is -1.58. The first kappa shape index (κ1) is 12.5. The third kappa shape index (κ3) is 3.22. The highest BCUT2D eigenvalue weighted by molar-refractivity contribution is 6.14. The fourth-order valence-corrected chi connectivity index (χ4v) is 1.60. The molecule has 0 spiro atoms. The van der Waals surface area contributed by atoms with Gasteiger partial charge in [0.25, 0.3) is 0 Å². The average Bonchev–Trinajstić information content (AvgIpc) is 2.35. The number of esters is 2. The first-order chi connectivity index (χ1) is 7.69. The highest BCUT2D eigenvalue weighted by Crippen LogP contribution is 2.20. The van der Waals surface area contributed by atoms with Gasteiger partial charge in [-0.2, -0.15) is 0 Å². The van der Waals surface area contributed by atoms with E-state index in [0.717, 1.165) is 31.3 Å². The van der Waals surface area contributed by atoms with Gasteiger partial charge in [-0.1, -0.05) is 11.6 Å². The summed E-state index contributed by atoms with van der Waals surface area (Å²) in [6.45, 7) is 0. The zero-order valence-electron chi connectivity index (χ0n) is 9.62. The van der Waals surface area contributed by atoms with Crippen molar-refractivity contribution in [1.29, 1.82) is 0 Å². The molecule has 0 fully saturated rings. The lowest BCUT2D eigenvalue weighted by molar-refractivity contribution is -0.144. The maximum atomic E-state index is 11.4. The average molecular weight is 224 g/mol. The standard InChI is InChI=1S/C12H16O4/c1-15-11(13)10(12(14)16-2)8-9-6-4-3-5-7-9/h6,8H,3-5,7H2,1-2H3. The molecule has 0 saturated heterocycles. The van der Waals surface area contributed by atoms with Crippen molar-refractivity contribution in [3.05, 3.63) is 23.3 Å². The van der Waals surface area contributed by atoms with E-state index in [2.05, 4.69) is 9.47 Å². The second kappa shape index (κ2) is 6.10. The van der Waals surface area contributed by atoms with Crippen LogP contribution in [0.25, 0.3) is 0 Å². The van der Waals surface area contributed by atoms with Gasteiger partial charge in [0.2, 0.25) is 0 Å². The van der Waals surface area contributed by atoms with Crippen molar-refractivity contribution >= 4 is 11.9 Å². The third-order valence-electron chi connectivity index (χ3n) is 2.47. The second-order valence-corrected chi connectivity index (χ2v) is 3.57. The van der Waals surface area contributed by atoms with Crippen molar-refractivity contribution in [2.45, 2.75) is 25.7 Å². The summed E-state index contributed by atoms with van der Waals surface area (Å²) in [4.78, 5) is 22.7. The summed E-state index contributed by atoms with van der Waals surface area (Å²) in [5.41, 5.74) is 0.954. The molecule has 0 N–H and O–H groups in total. The molecule has 0 amide bonds. The Bertz CT molecular complexity index is 321. The van der Waals surface area contributed by atoms with Crippen molar-refractivity contribution in [2.24, 2.45) is 0 Å². The molecule has 0 atom stereocenters. The number of hydrogen-bond acceptors (Lipinski definition) is 4. The lowest BCUT2D eigenvalue weighted by atomic mass is 9.98. The highest BCUT2D eigenvalue weighted by atomic mass is 16.5. The smallest absolute Gasteiger partial charge is 0.345 e. The van der Waals surface area contributed by atoms with Crippen LogP contribution >= 0.6 is 0 Å². The van der Waals surface area contributed by atoms with E-state index in [9.17, 15) is 9.59 Å². The largest absolute Gasteiger partial charge is 0.465 e. The Morgan fingerprint density at radius 2 is 1.81 bits per heavy atom. The Morgan fingerprint density at radius 1 is 1.19 bits per heavy atom. The summed E-state index contributed by atoms with van der Waals surface area (Å²) in [6, 6.07) is 0. The molecule has 1 aliphatic rings. The van der Waals surface area contributed by atoms with Gasteiger partial charge in [-0.15, -0.1) is 0 Å². The molecule has 0 aliphatic heterocycles. The second-order valence-electron chi connectivity index (χ2n) is 3.57. The summed E-state index contributed by atoms with van der Waals surface area (Å²) < 4.78 is 9.08. The van der Waals surface area contributed by atoms with Crippen LogP contribution in [-0.4, -0.2) is 26.2 Å². The predicted octanol–water partition coefficient (Wildman–Crippen LogP) is 1.76. The SMILES string of the molecule is COC(=O)C(=CC1=CCCCC1)C(=O)OC. The summed E-state index contributed by atoms with van der Waals surface area (Å²) in [6.07, 6.45) is 7.71. The minimum atomic E-state index is -0.654. The van der Waals surface area contributed by atoms with E-state index in [1.54, 1.807) is 6.08 Å². The summed E-state index contributed by atoms with van der Waals surface area (Å²) in [5, 5.41) is 0. The van der Waals surface area contributed by atoms with Crippen molar-refractivity contribution in [1.82, 2.24) is 0 Å². The Kier molecular flexibility index (Phi) is 4.76. The molecule has 0 radical (unpaired) electrons. The van der Waals surface area contributed by atoms with Crippen molar-refractivity contribution in [3.8, 4) is 0 Å². The van der Waals surface area contributed by atoms with E-state index >= 15 is 0 Å². The number of ether oxygens (including phenoxy) is 2. The number of allylic oxidation sites excluding steroid dienone is 3. The molecule has 0 saturated carbocycles. The quantitative estimate of drug-likeness (QED) is 0.317. The van der Waals surface area contributed by atoms with Gasteiger partial charge in [-0.05, 0) is 31.8 Å². The van der Waals surface area contributed by atoms with E-state index in [1.807, 2.05) is 6.08 Å². The normalized spacial score (nSPS) is 14.8. The van der Waals surface area contributed by atoms with Crippen LogP contribution in [0.5, 0.6) is 0 Å². The van der Waals surface area contributed by atoms with Crippen LogP contribution in [0.1, 0.15) is 25.7 Å². The fourth-order valence-electron chi connectivity index (χ4n) is 1.60. The number of carbonyl (C=O) groups is 2.